The number of esters is 1. The average molecular weight is 405 g/mol. The highest BCUT2D eigenvalue weighted by atomic mass is 32.2. The van der Waals surface area contributed by atoms with Crippen LogP contribution >= 0.6 is 11.8 Å². The first-order chi connectivity index (χ1) is 14.3. The van der Waals surface area contributed by atoms with Gasteiger partial charge in [0, 0.05) is 25.0 Å². The van der Waals surface area contributed by atoms with E-state index in [1.165, 1.54) is 11.8 Å². The zero-order chi connectivity index (χ0) is 20.1. The van der Waals surface area contributed by atoms with Gasteiger partial charge in [0.05, 0.1) is 6.20 Å². The molecule has 0 radical (unpaired) electrons. The molecule has 29 heavy (non-hydrogen) atoms. The van der Waals surface area contributed by atoms with E-state index in [9.17, 15) is 4.79 Å². The Kier molecular flexibility index (Phi) is 5.71. The molecule has 0 unspecified atom stereocenters. The number of rotatable bonds is 7. The third-order valence-electron chi connectivity index (χ3n) is 4.32. The molecule has 3 aromatic heterocycles. The normalized spacial score (nSPS) is 10.8. The molecule has 4 rings (SSSR count). The Balaban J connectivity index is 1.67. The smallest absolute Gasteiger partial charge is 0.345 e. The molecule has 0 amide bonds. The minimum Gasteiger partial charge on any atom is -0.457 e. The molecule has 7 nitrogen and oxygen atoms in total. The van der Waals surface area contributed by atoms with Gasteiger partial charge < -0.3 is 10.1 Å². The molecule has 0 aliphatic carbocycles. The third-order valence-corrected chi connectivity index (χ3v) is 5.00. The summed E-state index contributed by atoms with van der Waals surface area (Å²) in [6, 6.07) is 15.2. The highest BCUT2D eigenvalue weighted by Gasteiger charge is 2.23. The van der Waals surface area contributed by atoms with Crippen molar-refractivity contribution >= 4 is 29.2 Å². The Morgan fingerprint density at radius 2 is 1.86 bits per heavy atom. The summed E-state index contributed by atoms with van der Waals surface area (Å²) in [6.07, 6.45) is 7.00. The van der Waals surface area contributed by atoms with Crippen LogP contribution in [-0.4, -0.2) is 31.8 Å². The van der Waals surface area contributed by atoms with Gasteiger partial charge in [0.25, 0.3) is 0 Å². The lowest BCUT2D eigenvalue weighted by atomic mass is 10.2. The molecular weight excluding hydrogens is 386 g/mol. The van der Waals surface area contributed by atoms with Crippen LogP contribution in [-0.2, 0) is 17.9 Å². The summed E-state index contributed by atoms with van der Waals surface area (Å²) >= 11 is 1.40. The monoisotopic (exact) mass is 405 g/mol. The maximum Gasteiger partial charge on any atom is 0.345 e. The summed E-state index contributed by atoms with van der Waals surface area (Å²) in [6.45, 7) is 0.697. The van der Waals surface area contributed by atoms with Gasteiger partial charge in [-0.25, -0.2) is 9.78 Å². The largest absolute Gasteiger partial charge is 0.457 e. The summed E-state index contributed by atoms with van der Waals surface area (Å²) in [5, 5.41) is 8.25. The van der Waals surface area contributed by atoms with Crippen molar-refractivity contribution in [3.8, 4) is 0 Å². The molecule has 0 saturated heterocycles. The van der Waals surface area contributed by atoms with Crippen LogP contribution in [0.15, 0.2) is 72.1 Å². The van der Waals surface area contributed by atoms with Crippen LogP contribution in [0.25, 0.3) is 5.65 Å². The predicted molar refractivity (Wildman–Crippen MR) is 112 cm³/mol. The quantitative estimate of drug-likeness (QED) is 0.284. The lowest BCUT2D eigenvalue weighted by molar-refractivity contribution is 0.0468. The second-order valence-corrected chi connectivity index (χ2v) is 7.01. The third kappa shape index (κ3) is 4.22. The van der Waals surface area contributed by atoms with E-state index < -0.39 is 5.97 Å². The number of hydrogen-bond donors (Lipinski definition) is 1. The Morgan fingerprint density at radius 3 is 2.62 bits per heavy atom. The summed E-state index contributed by atoms with van der Waals surface area (Å²) in [5.41, 5.74) is 2.99. The lowest BCUT2D eigenvalue weighted by Gasteiger charge is -2.16. The van der Waals surface area contributed by atoms with E-state index in [4.69, 9.17) is 4.74 Å². The zero-order valence-electron chi connectivity index (χ0n) is 15.8. The van der Waals surface area contributed by atoms with Crippen LogP contribution in [0.4, 0.5) is 5.82 Å². The molecule has 0 spiro atoms. The molecule has 4 aromatic rings. The second-order valence-electron chi connectivity index (χ2n) is 6.22. The molecule has 0 bridgehead atoms. The maximum absolute atomic E-state index is 13.0. The van der Waals surface area contributed by atoms with Crippen molar-refractivity contribution in [2.75, 3.05) is 11.6 Å². The first-order valence-corrected chi connectivity index (χ1v) is 10.2. The maximum atomic E-state index is 13.0. The van der Waals surface area contributed by atoms with Crippen molar-refractivity contribution in [2.45, 2.75) is 18.2 Å². The van der Waals surface area contributed by atoms with Gasteiger partial charge in [-0.2, -0.15) is 9.61 Å². The van der Waals surface area contributed by atoms with Gasteiger partial charge in [0.2, 0.25) is 0 Å². The van der Waals surface area contributed by atoms with Crippen LogP contribution in [0.3, 0.4) is 0 Å². The summed E-state index contributed by atoms with van der Waals surface area (Å²) < 4.78 is 7.22. The number of carbonyl (C=O) groups is 1. The highest BCUT2D eigenvalue weighted by Crippen LogP contribution is 2.28. The van der Waals surface area contributed by atoms with Gasteiger partial charge in [0.15, 0.2) is 5.65 Å². The summed E-state index contributed by atoms with van der Waals surface area (Å²) in [5.74, 6) is 0.111. The number of hydrogen-bond acceptors (Lipinski definition) is 7. The van der Waals surface area contributed by atoms with Crippen molar-refractivity contribution in [1.29, 1.82) is 0 Å². The van der Waals surface area contributed by atoms with E-state index in [0.29, 0.717) is 28.6 Å². The van der Waals surface area contributed by atoms with E-state index in [1.807, 2.05) is 48.7 Å². The number of benzene rings is 1. The Bertz CT molecular complexity index is 1120. The molecule has 0 aliphatic heterocycles. The standard InChI is InChI=1S/C21H19N5O2S/c1-29-20-18(21(27)28-14-16-5-3-2-4-6-16)19(26-17(25-20)9-12-24-26)23-13-15-7-10-22-11-8-15/h2-12,23H,13-14H2,1H3. The van der Waals surface area contributed by atoms with Crippen LogP contribution in [0.2, 0.25) is 0 Å². The number of anilines is 1. The Hall–Kier alpha value is -3.39. The minimum absolute atomic E-state index is 0.189. The second kappa shape index (κ2) is 8.74. The molecule has 1 aromatic carbocycles. The van der Waals surface area contributed by atoms with Crippen LogP contribution < -0.4 is 5.32 Å². The van der Waals surface area contributed by atoms with Crippen LogP contribution in [0, 0.1) is 0 Å². The van der Waals surface area contributed by atoms with Crippen LogP contribution in [0.5, 0.6) is 0 Å². The van der Waals surface area contributed by atoms with E-state index in [-0.39, 0.29) is 6.61 Å². The highest BCUT2D eigenvalue weighted by molar-refractivity contribution is 7.98. The van der Waals surface area contributed by atoms with Crippen molar-refractivity contribution < 1.29 is 9.53 Å². The molecular formula is C21H19N5O2S. The van der Waals surface area contributed by atoms with Crippen molar-refractivity contribution in [3.63, 3.8) is 0 Å². The van der Waals surface area contributed by atoms with Gasteiger partial charge in [0.1, 0.15) is 23.0 Å². The van der Waals surface area contributed by atoms with E-state index >= 15 is 0 Å². The molecule has 0 aliphatic rings. The minimum atomic E-state index is -0.444. The van der Waals surface area contributed by atoms with Crippen molar-refractivity contribution in [2.24, 2.45) is 0 Å². The van der Waals surface area contributed by atoms with Gasteiger partial charge in [-0.15, -0.1) is 11.8 Å². The van der Waals surface area contributed by atoms with Crippen molar-refractivity contribution in [1.82, 2.24) is 19.6 Å². The number of carbonyl (C=O) groups excluding carboxylic acids is 1. The molecule has 0 saturated carbocycles. The topological polar surface area (TPSA) is 81.4 Å². The predicted octanol–water partition coefficient (Wildman–Crippen LogP) is 3.82. The number of fused-ring (bicyclic) bond motifs is 1. The Morgan fingerprint density at radius 1 is 1.07 bits per heavy atom. The van der Waals surface area contributed by atoms with Gasteiger partial charge in [-0.1, -0.05) is 30.3 Å². The van der Waals surface area contributed by atoms with Gasteiger partial charge >= 0.3 is 5.97 Å². The lowest BCUT2D eigenvalue weighted by Crippen LogP contribution is -2.16. The van der Waals surface area contributed by atoms with E-state index in [1.54, 1.807) is 29.2 Å². The van der Waals surface area contributed by atoms with Gasteiger partial charge in [-0.05, 0) is 29.5 Å². The number of nitrogens with zero attached hydrogens (tertiary/aromatic N) is 4. The molecule has 1 N–H and O–H groups in total. The van der Waals surface area contributed by atoms with Gasteiger partial charge in [-0.3, -0.25) is 4.98 Å². The van der Waals surface area contributed by atoms with Crippen molar-refractivity contribution in [3.05, 3.63) is 83.8 Å². The first-order valence-electron chi connectivity index (χ1n) is 9.02. The molecule has 8 heteroatoms. The molecule has 0 atom stereocenters. The summed E-state index contributed by atoms with van der Waals surface area (Å²) in [7, 11) is 0. The average Bonchev–Trinajstić information content (AvgIpc) is 3.25. The molecule has 146 valence electrons. The number of aromatic nitrogens is 4. The number of nitrogens with one attached hydrogen (secondary N) is 1. The summed E-state index contributed by atoms with van der Waals surface area (Å²) in [4.78, 5) is 21.6. The van der Waals surface area contributed by atoms with E-state index in [2.05, 4.69) is 20.4 Å². The zero-order valence-corrected chi connectivity index (χ0v) is 16.6. The fourth-order valence-corrected chi connectivity index (χ4v) is 3.47. The fraction of sp³-hybridized carbons (Fsp3) is 0.143. The van der Waals surface area contributed by atoms with E-state index in [0.717, 1.165) is 11.1 Å². The number of pyridine rings is 1. The molecule has 0 fully saturated rings. The molecule has 3 heterocycles. The first kappa shape index (κ1) is 18.9. The number of ether oxygens (including phenoxy) is 1. The number of thioether (sulfide) groups is 1. The fourth-order valence-electron chi connectivity index (χ4n) is 2.90. The SMILES string of the molecule is CSc1nc2ccnn2c(NCc2ccncc2)c1C(=O)OCc1ccccc1. The Labute approximate surface area is 172 Å². The van der Waals surface area contributed by atoms with Crippen LogP contribution in [0.1, 0.15) is 21.5 Å².